The Bertz CT molecular complexity index is 551. The molecule has 0 saturated carbocycles. The van der Waals surface area contributed by atoms with Gasteiger partial charge in [-0.2, -0.15) is 0 Å². The Morgan fingerprint density at radius 2 is 2.00 bits per heavy atom. The number of piperidine rings is 1. The highest BCUT2D eigenvalue weighted by molar-refractivity contribution is 5.79. The fourth-order valence-electron chi connectivity index (χ4n) is 3.29. The van der Waals surface area contributed by atoms with E-state index in [9.17, 15) is 4.39 Å². The van der Waals surface area contributed by atoms with Gasteiger partial charge in [-0.25, -0.2) is 9.38 Å². The maximum Gasteiger partial charge on any atom is 0.191 e. The van der Waals surface area contributed by atoms with Crippen molar-refractivity contribution in [2.24, 2.45) is 10.9 Å². The van der Waals surface area contributed by atoms with E-state index in [1.807, 2.05) is 6.07 Å². The van der Waals surface area contributed by atoms with Crippen molar-refractivity contribution in [2.45, 2.75) is 46.6 Å². The van der Waals surface area contributed by atoms with Gasteiger partial charge in [0.15, 0.2) is 5.96 Å². The third-order valence-corrected chi connectivity index (χ3v) is 4.79. The SMILES string of the molecule is CCCN1CCC(CNC(=NCc2ccc(F)c(C)c2)NCC)CC1. The first-order valence-electron chi connectivity index (χ1n) is 9.62. The molecule has 140 valence electrons. The number of benzene rings is 1. The lowest BCUT2D eigenvalue weighted by Crippen LogP contribution is -2.43. The van der Waals surface area contributed by atoms with E-state index in [4.69, 9.17) is 0 Å². The second-order valence-electron chi connectivity index (χ2n) is 6.94. The van der Waals surface area contributed by atoms with Crippen LogP contribution in [0.2, 0.25) is 0 Å². The molecule has 0 spiro atoms. The molecule has 1 heterocycles. The molecule has 1 aromatic carbocycles. The number of rotatable bonds is 7. The molecule has 1 aliphatic heterocycles. The predicted octanol–water partition coefficient (Wildman–Crippen LogP) is 3.31. The zero-order valence-electron chi connectivity index (χ0n) is 15.9. The highest BCUT2D eigenvalue weighted by atomic mass is 19.1. The maximum atomic E-state index is 13.4. The zero-order valence-corrected chi connectivity index (χ0v) is 15.9. The van der Waals surface area contributed by atoms with Crippen LogP contribution in [0, 0.1) is 18.7 Å². The van der Waals surface area contributed by atoms with E-state index < -0.39 is 0 Å². The van der Waals surface area contributed by atoms with Crippen molar-refractivity contribution in [3.63, 3.8) is 0 Å². The van der Waals surface area contributed by atoms with E-state index in [2.05, 4.69) is 34.4 Å². The molecule has 0 unspecified atom stereocenters. The van der Waals surface area contributed by atoms with Gasteiger partial charge in [-0.1, -0.05) is 19.1 Å². The number of aliphatic imine (C=N–C) groups is 1. The molecule has 2 rings (SSSR count). The maximum absolute atomic E-state index is 13.4. The van der Waals surface area contributed by atoms with E-state index in [-0.39, 0.29) is 5.82 Å². The summed E-state index contributed by atoms with van der Waals surface area (Å²) in [7, 11) is 0. The average Bonchev–Trinajstić information content (AvgIpc) is 2.62. The van der Waals surface area contributed by atoms with Gasteiger partial charge in [-0.15, -0.1) is 0 Å². The normalized spacial score (nSPS) is 16.9. The molecular formula is C20H33FN4. The molecule has 2 N–H and O–H groups in total. The van der Waals surface area contributed by atoms with E-state index in [0.717, 1.165) is 24.6 Å². The first-order chi connectivity index (χ1) is 12.1. The Morgan fingerprint density at radius 1 is 1.24 bits per heavy atom. The molecule has 0 amide bonds. The van der Waals surface area contributed by atoms with Crippen LogP contribution in [0.3, 0.4) is 0 Å². The van der Waals surface area contributed by atoms with E-state index in [1.165, 1.54) is 45.0 Å². The standard InChI is InChI=1S/C20H33FN4/c1-4-10-25-11-8-17(9-12-25)14-23-20(22-5-2)24-15-18-6-7-19(21)16(3)13-18/h6-7,13,17H,4-5,8-12,14-15H2,1-3H3,(H2,22,23,24). The largest absolute Gasteiger partial charge is 0.357 e. The fourth-order valence-corrected chi connectivity index (χ4v) is 3.29. The summed E-state index contributed by atoms with van der Waals surface area (Å²) < 4.78 is 13.4. The minimum absolute atomic E-state index is 0.160. The van der Waals surface area contributed by atoms with Crippen molar-refractivity contribution in [2.75, 3.05) is 32.7 Å². The van der Waals surface area contributed by atoms with Crippen LogP contribution in [0.1, 0.15) is 44.2 Å². The van der Waals surface area contributed by atoms with Crippen LogP contribution in [0.25, 0.3) is 0 Å². The number of aryl methyl sites for hydroxylation is 1. The molecule has 25 heavy (non-hydrogen) atoms. The highest BCUT2D eigenvalue weighted by Crippen LogP contribution is 2.16. The monoisotopic (exact) mass is 348 g/mol. The van der Waals surface area contributed by atoms with Crippen molar-refractivity contribution in [1.29, 1.82) is 0 Å². The van der Waals surface area contributed by atoms with Gasteiger partial charge in [0.1, 0.15) is 5.82 Å². The van der Waals surface area contributed by atoms with Crippen LogP contribution in [0.5, 0.6) is 0 Å². The highest BCUT2D eigenvalue weighted by Gasteiger charge is 2.18. The molecule has 0 aliphatic carbocycles. The van der Waals surface area contributed by atoms with Crippen molar-refractivity contribution in [1.82, 2.24) is 15.5 Å². The number of nitrogens with zero attached hydrogens (tertiary/aromatic N) is 2. The first-order valence-corrected chi connectivity index (χ1v) is 9.62. The Morgan fingerprint density at radius 3 is 2.64 bits per heavy atom. The molecule has 1 saturated heterocycles. The van der Waals surface area contributed by atoms with Gasteiger partial charge in [0.25, 0.3) is 0 Å². The molecule has 4 nitrogen and oxygen atoms in total. The molecule has 0 bridgehead atoms. The number of guanidine groups is 1. The van der Waals surface area contributed by atoms with Gasteiger partial charge < -0.3 is 15.5 Å². The lowest BCUT2D eigenvalue weighted by molar-refractivity contribution is 0.185. The summed E-state index contributed by atoms with van der Waals surface area (Å²) in [5.41, 5.74) is 1.70. The number of likely N-dealkylation sites (tertiary alicyclic amines) is 1. The van der Waals surface area contributed by atoms with Crippen molar-refractivity contribution in [3.05, 3.63) is 35.1 Å². The molecule has 1 aromatic rings. The summed E-state index contributed by atoms with van der Waals surface area (Å²) in [6.45, 7) is 12.1. The van der Waals surface area contributed by atoms with Gasteiger partial charge in [0.2, 0.25) is 0 Å². The van der Waals surface area contributed by atoms with E-state index in [1.54, 1.807) is 13.0 Å². The summed E-state index contributed by atoms with van der Waals surface area (Å²) in [4.78, 5) is 7.21. The number of hydrogen-bond acceptors (Lipinski definition) is 2. The molecule has 1 fully saturated rings. The molecular weight excluding hydrogens is 315 g/mol. The van der Waals surface area contributed by atoms with Gasteiger partial charge in [-0.3, -0.25) is 0 Å². The van der Waals surface area contributed by atoms with Crippen molar-refractivity contribution < 1.29 is 4.39 Å². The van der Waals surface area contributed by atoms with Crippen molar-refractivity contribution in [3.8, 4) is 0 Å². The summed E-state index contributed by atoms with van der Waals surface area (Å²) in [6, 6.07) is 5.19. The van der Waals surface area contributed by atoms with Crippen LogP contribution >= 0.6 is 0 Å². The third kappa shape index (κ3) is 6.65. The third-order valence-electron chi connectivity index (χ3n) is 4.79. The zero-order chi connectivity index (χ0) is 18.1. The van der Waals surface area contributed by atoms with Crippen LogP contribution in [0.4, 0.5) is 4.39 Å². The molecule has 0 radical (unpaired) electrons. The number of halogens is 1. The van der Waals surface area contributed by atoms with Crippen LogP contribution in [-0.4, -0.2) is 43.6 Å². The number of hydrogen-bond donors (Lipinski definition) is 2. The topological polar surface area (TPSA) is 39.7 Å². The van der Waals surface area contributed by atoms with E-state index >= 15 is 0 Å². The smallest absolute Gasteiger partial charge is 0.191 e. The molecule has 1 aliphatic rings. The van der Waals surface area contributed by atoms with Gasteiger partial charge >= 0.3 is 0 Å². The Hall–Kier alpha value is -1.62. The lowest BCUT2D eigenvalue weighted by Gasteiger charge is -2.32. The second kappa shape index (κ2) is 10.4. The quantitative estimate of drug-likeness (QED) is 0.587. The lowest BCUT2D eigenvalue weighted by atomic mass is 9.97. The van der Waals surface area contributed by atoms with Gasteiger partial charge in [-0.05, 0) is 75.9 Å². The van der Waals surface area contributed by atoms with Crippen LogP contribution in [-0.2, 0) is 6.54 Å². The second-order valence-corrected chi connectivity index (χ2v) is 6.94. The van der Waals surface area contributed by atoms with Gasteiger partial charge in [0.05, 0.1) is 6.54 Å². The molecule has 0 aromatic heterocycles. The summed E-state index contributed by atoms with van der Waals surface area (Å²) in [5.74, 6) is 1.40. The minimum atomic E-state index is -0.160. The molecule has 5 heteroatoms. The van der Waals surface area contributed by atoms with E-state index in [0.29, 0.717) is 18.0 Å². The minimum Gasteiger partial charge on any atom is -0.357 e. The first kappa shape index (κ1) is 19.7. The fraction of sp³-hybridized carbons (Fsp3) is 0.650. The number of nitrogens with one attached hydrogen (secondary N) is 2. The van der Waals surface area contributed by atoms with Crippen LogP contribution in [0.15, 0.2) is 23.2 Å². The predicted molar refractivity (Wildman–Crippen MR) is 103 cm³/mol. The summed E-state index contributed by atoms with van der Waals surface area (Å²) in [6.07, 6.45) is 3.75. The summed E-state index contributed by atoms with van der Waals surface area (Å²) >= 11 is 0. The van der Waals surface area contributed by atoms with Gasteiger partial charge in [0, 0.05) is 13.1 Å². The Kier molecular flexibility index (Phi) is 8.19. The Labute approximate surface area is 151 Å². The Balaban J connectivity index is 1.82. The summed E-state index contributed by atoms with van der Waals surface area (Å²) in [5, 5.41) is 6.78. The average molecular weight is 349 g/mol. The molecule has 0 atom stereocenters. The van der Waals surface area contributed by atoms with Crippen molar-refractivity contribution >= 4 is 5.96 Å². The van der Waals surface area contributed by atoms with Crippen LogP contribution < -0.4 is 10.6 Å².